The molecule has 1 heterocycles. The second kappa shape index (κ2) is 11.0. The number of hydrogen-bond donors (Lipinski definition) is 2. The number of phenols is 1. The van der Waals surface area contributed by atoms with Crippen molar-refractivity contribution in [3.63, 3.8) is 0 Å². The minimum absolute atomic E-state index is 0.0403. The largest absolute Gasteiger partial charge is 0.504 e. The Labute approximate surface area is 199 Å². The van der Waals surface area contributed by atoms with Gasteiger partial charge in [-0.1, -0.05) is 24.8 Å². The number of carbonyl (C=O) groups is 2. The Balaban J connectivity index is 1.99. The van der Waals surface area contributed by atoms with Gasteiger partial charge in [-0.2, -0.15) is 8.78 Å². The normalized spacial score (nSPS) is 15.6. The standard InChI is InChI=1S/C23H23F2N3O5S/c1-3-19(20(26)30)34-23-27-16(11-13-5-10-17(29)18(12-13)32-4-2)21(31)28(23)14-6-8-15(9-7-14)33-22(24)25/h5-12,19,22,29H,3-4H2,1-2H3,(H2,26,30)/b16-11-. The zero-order valence-electron chi connectivity index (χ0n) is 18.4. The molecule has 1 atom stereocenters. The number of primary amides is 1. The number of anilines is 1. The van der Waals surface area contributed by atoms with Gasteiger partial charge in [-0.15, -0.1) is 0 Å². The molecule has 0 spiro atoms. The van der Waals surface area contributed by atoms with Crippen LogP contribution in [-0.2, 0) is 9.59 Å². The number of rotatable bonds is 9. The molecule has 3 rings (SSSR count). The van der Waals surface area contributed by atoms with E-state index in [4.69, 9.17) is 10.5 Å². The SMILES string of the molecule is CCOc1cc(/C=C2\N=C(SC(CC)C(N)=O)N(c3ccc(OC(F)F)cc3)C2=O)ccc1O. The molecule has 0 bridgehead atoms. The summed E-state index contributed by atoms with van der Waals surface area (Å²) in [6.45, 7) is 0.922. The van der Waals surface area contributed by atoms with Gasteiger partial charge in [0.1, 0.15) is 11.4 Å². The molecule has 0 radical (unpaired) electrons. The van der Waals surface area contributed by atoms with Crippen LogP contribution in [0.1, 0.15) is 25.8 Å². The van der Waals surface area contributed by atoms with Crippen molar-refractivity contribution in [1.29, 1.82) is 0 Å². The third kappa shape index (κ3) is 5.84. The predicted octanol–water partition coefficient (Wildman–Crippen LogP) is 4.13. The number of halogens is 2. The lowest BCUT2D eigenvalue weighted by Crippen LogP contribution is -2.34. The van der Waals surface area contributed by atoms with Crippen LogP contribution >= 0.6 is 11.8 Å². The molecule has 0 aliphatic carbocycles. The Morgan fingerprint density at radius 3 is 2.53 bits per heavy atom. The number of hydrogen-bond acceptors (Lipinski definition) is 7. The number of benzene rings is 2. The van der Waals surface area contributed by atoms with Gasteiger partial charge >= 0.3 is 6.61 Å². The van der Waals surface area contributed by atoms with Crippen LogP contribution in [0.2, 0.25) is 0 Å². The van der Waals surface area contributed by atoms with Crippen molar-refractivity contribution in [1.82, 2.24) is 0 Å². The van der Waals surface area contributed by atoms with Crippen LogP contribution in [-0.4, -0.2) is 40.6 Å². The number of amides is 2. The summed E-state index contributed by atoms with van der Waals surface area (Å²) in [5, 5.41) is 9.50. The summed E-state index contributed by atoms with van der Waals surface area (Å²) in [6, 6.07) is 10.1. The molecule has 1 unspecified atom stereocenters. The first-order chi connectivity index (χ1) is 16.2. The number of nitrogens with zero attached hydrogens (tertiary/aromatic N) is 2. The number of thioether (sulfide) groups is 1. The summed E-state index contributed by atoms with van der Waals surface area (Å²) in [6.07, 6.45) is 1.93. The first kappa shape index (κ1) is 25.0. The number of aliphatic imine (C=N–C) groups is 1. The van der Waals surface area contributed by atoms with Gasteiger partial charge in [0, 0.05) is 0 Å². The molecule has 11 heteroatoms. The van der Waals surface area contributed by atoms with E-state index in [0.29, 0.717) is 24.3 Å². The summed E-state index contributed by atoms with van der Waals surface area (Å²) < 4.78 is 34.7. The second-order valence-corrected chi connectivity index (χ2v) is 8.18. The molecule has 1 aliphatic rings. The van der Waals surface area contributed by atoms with E-state index < -0.39 is 23.7 Å². The molecule has 0 fully saturated rings. The van der Waals surface area contributed by atoms with Crippen molar-refractivity contribution >= 4 is 40.5 Å². The zero-order valence-corrected chi connectivity index (χ0v) is 19.2. The molecule has 0 saturated heterocycles. The van der Waals surface area contributed by atoms with E-state index in [1.54, 1.807) is 26.0 Å². The molecular formula is C23H23F2N3O5S. The third-order valence-corrected chi connectivity index (χ3v) is 6.01. The number of carbonyl (C=O) groups excluding carboxylic acids is 2. The van der Waals surface area contributed by atoms with Crippen LogP contribution in [0.25, 0.3) is 6.08 Å². The second-order valence-electron chi connectivity index (χ2n) is 7.01. The molecular weight excluding hydrogens is 468 g/mol. The van der Waals surface area contributed by atoms with E-state index in [2.05, 4.69) is 9.73 Å². The first-order valence-corrected chi connectivity index (χ1v) is 11.2. The molecule has 3 N–H and O–H groups in total. The topological polar surface area (TPSA) is 114 Å². The molecule has 8 nitrogen and oxygen atoms in total. The minimum Gasteiger partial charge on any atom is -0.504 e. The van der Waals surface area contributed by atoms with Crippen LogP contribution in [0.4, 0.5) is 14.5 Å². The lowest BCUT2D eigenvalue weighted by molar-refractivity contribution is -0.117. The molecule has 34 heavy (non-hydrogen) atoms. The van der Waals surface area contributed by atoms with Crippen molar-refractivity contribution in [3.05, 3.63) is 53.7 Å². The Morgan fingerprint density at radius 1 is 1.24 bits per heavy atom. The monoisotopic (exact) mass is 491 g/mol. The average molecular weight is 492 g/mol. The van der Waals surface area contributed by atoms with Crippen LogP contribution in [0.5, 0.6) is 17.2 Å². The summed E-state index contributed by atoms with van der Waals surface area (Å²) in [4.78, 5) is 30.8. The molecule has 2 amide bonds. The van der Waals surface area contributed by atoms with Gasteiger partial charge < -0.3 is 20.3 Å². The smallest absolute Gasteiger partial charge is 0.387 e. The highest BCUT2D eigenvalue weighted by atomic mass is 32.2. The fourth-order valence-electron chi connectivity index (χ4n) is 3.10. The van der Waals surface area contributed by atoms with E-state index in [9.17, 15) is 23.5 Å². The van der Waals surface area contributed by atoms with Gasteiger partial charge in [0.25, 0.3) is 5.91 Å². The van der Waals surface area contributed by atoms with E-state index >= 15 is 0 Å². The maximum absolute atomic E-state index is 13.3. The maximum Gasteiger partial charge on any atom is 0.387 e. The summed E-state index contributed by atoms with van der Waals surface area (Å²) >= 11 is 1.03. The lowest BCUT2D eigenvalue weighted by Gasteiger charge is -2.20. The van der Waals surface area contributed by atoms with Crippen LogP contribution < -0.4 is 20.1 Å². The highest BCUT2D eigenvalue weighted by Crippen LogP contribution is 2.34. The Morgan fingerprint density at radius 2 is 1.94 bits per heavy atom. The number of phenolic OH excluding ortho intramolecular Hbond substituents is 1. The Bertz CT molecular complexity index is 1120. The predicted molar refractivity (Wildman–Crippen MR) is 126 cm³/mol. The Hall–Kier alpha value is -3.60. The Kier molecular flexibility index (Phi) is 8.11. The van der Waals surface area contributed by atoms with Gasteiger partial charge in [0.2, 0.25) is 5.91 Å². The van der Waals surface area contributed by atoms with E-state index in [1.165, 1.54) is 41.3 Å². The summed E-state index contributed by atoms with van der Waals surface area (Å²) in [7, 11) is 0. The van der Waals surface area contributed by atoms with Crippen molar-refractivity contribution in [2.75, 3.05) is 11.5 Å². The van der Waals surface area contributed by atoms with Crippen LogP contribution in [0.3, 0.4) is 0 Å². The minimum atomic E-state index is -2.98. The fraction of sp³-hybridized carbons (Fsp3) is 0.261. The molecule has 0 aromatic heterocycles. The number of ether oxygens (including phenoxy) is 2. The first-order valence-electron chi connectivity index (χ1n) is 10.3. The van der Waals surface area contributed by atoms with Gasteiger partial charge in [-0.05, 0) is 61.4 Å². The third-order valence-electron chi connectivity index (χ3n) is 4.67. The van der Waals surface area contributed by atoms with Gasteiger partial charge in [0.15, 0.2) is 16.7 Å². The van der Waals surface area contributed by atoms with Crippen LogP contribution in [0.15, 0.2) is 53.2 Å². The van der Waals surface area contributed by atoms with Crippen LogP contribution in [0, 0.1) is 0 Å². The molecule has 180 valence electrons. The highest BCUT2D eigenvalue weighted by Gasteiger charge is 2.34. The number of amidine groups is 1. The maximum atomic E-state index is 13.3. The van der Waals surface area contributed by atoms with E-state index in [1.807, 2.05) is 0 Å². The molecule has 2 aromatic rings. The lowest BCUT2D eigenvalue weighted by atomic mass is 10.1. The quantitative estimate of drug-likeness (QED) is 0.510. The van der Waals surface area contributed by atoms with Crippen molar-refractivity contribution in [2.45, 2.75) is 32.1 Å². The van der Waals surface area contributed by atoms with Crippen molar-refractivity contribution < 1.29 is 33.0 Å². The van der Waals surface area contributed by atoms with Gasteiger partial charge in [-0.3, -0.25) is 14.5 Å². The van der Waals surface area contributed by atoms with Crippen molar-refractivity contribution in [2.24, 2.45) is 10.7 Å². The molecule has 2 aromatic carbocycles. The highest BCUT2D eigenvalue weighted by molar-refractivity contribution is 8.15. The summed E-state index contributed by atoms with van der Waals surface area (Å²) in [5.41, 5.74) is 6.45. The van der Waals surface area contributed by atoms with Gasteiger partial charge in [-0.25, -0.2) is 4.99 Å². The molecule has 1 aliphatic heterocycles. The summed E-state index contributed by atoms with van der Waals surface area (Å²) in [5.74, 6) is -0.895. The van der Waals surface area contributed by atoms with Crippen molar-refractivity contribution in [3.8, 4) is 17.2 Å². The number of alkyl halides is 2. The van der Waals surface area contributed by atoms with Gasteiger partial charge in [0.05, 0.1) is 17.5 Å². The average Bonchev–Trinajstić information content (AvgIpc) is 3.09. The fourth-order valence-corrected chi connectivity index (χ4v) is 4.08. The number of aromatic hydroxyl groups is 1. The zero-order chi connectivity index (χ0) is 24.8. The van der Waals surface area contributed by atoms with E-state index in [0.717, 1.165) is 11.8 Å². The van der Waals surface area contributed by atoms with E-state index in [-0.39, 0.29) is 28.1 Å². The number of nitrogens with two attached hydrogens (primary N) is 1. The molecule has 0 saturated carbocycles.